The van der Waals surface area contributed by atoms with Crippen LogP contribution >= 0.6 is 0 Å². The van der Waals surface area contributed by atoms with Crippen LogP contribution in [0.4, 0.5) is 17.2 Å². The highest BCUT2D eigenvalue weighted by molar-refractivity contribution is 5.94. The van der Waals surface area contributed by atoms with Crippen LogP contribution in [-0.2, 0) is 13.0 Å². The molecule has 0 radical (unpaired) electrons. The Balaban J connectivity index is 1.95. The monoisotopic (exact) mass is 397 g/mol. The molecule has 156 valence electrons. The molecular weight excluding hydrogens is 366 g/mol. The number of anilines is 3. The summed E-state index contributed by atoms with van der Waals surface area (Å²) in [5.74, 6) is 0.857. The van der Waals surface area contributed by atoms with E-state index in [1.807, 2.05) is 19.1 Å². The number of fused-ring (bicyclic) bond motifs is 1. The summed E-state index contributed by atoms with van der Waals surface area (Å²) in [6, 6.07) is 4.24. The van der Waals surface area contributed by atoms with Gasteiger partial charge in [-0.2, -0.15) is 9.97 Å². The van der Waals surface area contributed by atoms with Crippen LogP contribution in [0.5, 0.6) is 6.01 Å². The number of rotatable bonds is 9. The Kier molecular flexibility index (Phi) is 6.87. The highest BCUT2D eigenvalue weighted by atomic mass is 16.5. The van der Waals surface area contributed by atoms with E-state index in [-0.39, 0.29) is 0 Å². The maximum atomic E-state index is 7.83. The summed E-state index contributed by atoms with van der Waals surface area (Å²) in [7, 11) is 0. The molecule has 0 atom stereocenters. The van der Waals surface area contributed by atoms with E-state index >= 15 is 0 Å². The lowest BCUT2D eigenvalue weighted by Gasteiger charge is -2.33. The lowest BCUT2D eigenvalue weighted by molar-refractivity contribution is 0.287. The molecule has 2 heterocycles. The Hall–Kier alpha value is -2.87. The fraction of sp³-hybridized carbons (Fsp3) is 0.476. The van der Waals surface area contributed by atoms with Crippen molar-refractivity contribution in [2.45, 2.75) is 39.7 Å². The molecule has 1 aliphatic rings. The van der Waals surface area contributed by atoms with Crippen molar-refractivity contribution in [3.8, 4) is 6.01 Å². The highest BCUT2D eigenvalue weighted by Gasteiger charge is 2.25. The summed E-state index contributed by atoms with van der Waals surface area (Å²) in [6.07, 6.45) is 3.92. The molecule has 1 aromatic carbocycles. The van der Waals surface area contributed by atoms with E-state index in [9.17, 15) is 0 Å². The average Bonchev–Trinajstić information content (AvgIpc) is 2.73. The van der Waals surface area contributed by atoms with Gasteiger partial charge in [0.25, 0.3) is 0 Å². The molecule has 0 fully saturated rings. The summed E-state index contributed by atoms with van der Waals surface area (Å²) in [5, 5.41) is 11.2. The summed E-state index contributed by atoms with van der Waals surface area (Å²) in [5.41, 5.74) is 17.2. The number of nitrogens with two attached hydrogens (primary N) is 2. The fourth-order valence-electron chi connectivity index (χ4n) is 3.60. The summed E-state index contributed by atoms with van der Waals surface area (Å²) >= 11 is 0. The molecule has 0 unspecified atom stereocenters. The first-order valence-electron chi connectivity index (χ1n) is 10.2. The lowest BCUT2D eigenvalue weighted by atomic mass is 10.0. The minimum Gasteiger partial charge on any atom is -0.463 e. The van der Waals surface area contributed by atoms with E-state index in [1.54, 1.807) is 0 Å². The molecule has 0 saturated carbocycles. The molecule has 2 aromatic rings. The number of benzene rings is 1. The summed E-state index contributed by atoms with van der Waals surface area (Å²) in [4.78, 5) is 11.5. The van der Waals surface area contributed by atoms with Crippen molar-refractivity contribution in [2.75, 3.05) is 42.2 Å². The number of hydrogen-bond donors (Lipinski definition) is 4. The molecule has 0 aliphatic carbocycles. The van der Waals surface area contributed by atoms with Crippen LogP contribution in [0.15, 0.2) is 12.1 Å². The first-order valence-corrected chi connectivity index (χ1v) is 10.2. The van der Waals surface area contributed by atoms with Crippen molar-refractivity contribution in [3.05, 3.63) is 34.5 Å². The second-order valence-corrected chi connectivity index (χ2v) is 7.25. The third-order valence-corrected chi connectivity index (χ3v) is 5.08. The van der Waals surface area contributed by atoms with Gasteiger partial charge in [0.1, 0.15) is 5.82 Å². The number of nitrogens with one attached hydrogen (secondary N) is 2. The number of aromatic nitrogens is 2. The van der Waals surface area contributed by atoms with Gasteiger partial charge in [-0.1, -0.05) is 13.0 Å². The second kappa shape index (κ2) is 9.56. The van der Waals surface area contributed by atoms with Crippen molar-refractivity contribution < 1.29 is 4.74 Å². The van der Waals surface area contributed by atoms with E-state index in [2.05, 4.69) is 22.1 Å². The molecule has 8 heteroatoms. The van der Waals surface area contributed by atoms with Crippen molar-refractivity contribution in [2.24, 2.45) is 5.73 Å². The van der Waals surface area contributed by atoms with Crippen LogP contribution in [0.25, 0.3) is 0 Å². The number of hydrogen-bond acceptors (Lipinski definition) is 8. The van der Waals surface area contributed by atoms with Crippen molar-refractivity contribution in [1.29, 1.82) is 5.41 Å². The van der Waals surface area contributed by atoms with Crippen LogP contribution in [0.2, 0.25) is 0 Å². The van der Waals surface area contributed by atoms with Crippen molar-refractivity contribution in [1.82, 2.24) is 9.97 Å². The fourth-order valence-corrected chi connectivity index (χ4v) is 3.60. The number of nitrogen functional groups attached to an aromatic ring is 1. The Morgan fingerprint density at radius 1 is 1.34 bits per heavy atom. The van der Waals surface area contributed by atoms with E-state index < -0.39 is 0 Å². The maximum absolute atomic E-state index is 7.83. The number of nitrogens with zero attached hydrogens (tertiary/aromatic N) is 3. The molecule has 0 bridgehead atoms. The van der Waals surface area contributed by atoms with Crippen LogP contribution in [0, 0.1) is 12.3 Å². The van der Waals surface area contributed by atoms with Crippen LogP contribution in [0.1, 0.15) is 42.1 Å². The Morgan fingerprint density at radius 3 is 2.90 bits per heavy atom. The number of ether oxygens (including phenoxy) is 1. The zero-order valence-electron chi connectivity index (χ0n) is 17.3. The Bertz CT molecular complexity index is 869. The molecule has 1 aromatic heterocycles. The second-order valence-electron chi connectivity index (χ2n) is 7.25. The third-order valence-electron chi connectivity index (χ3n) is 5.08. The standard InChI is InChI=1S/C21H31N7O/c1-3-9-25-20-15-7-10-28(19-14(2)5-6-17(24)16(19)12-23)13-18(15)26-21(27-20)29-11-4-8-22/h5-6,12,23H,3-4,7-11,13,22,24H2,1-2H3,(H,25,26,27). The first-order chi connectivity index (χ1) is 14.1. The van der Waals surface area contributed by atoms with E-state index in [1.165, 1.54) is 6.21 Å². The summed E-state index contributed by atoms with van der Waals surface area (Å²) < 4.78 is 5.74. The van der Waals surface area contributed by atoms with Gasteiger partial charge in [0.2, 0.25) is 0 Å². The molecule has 6 N–H and O–H groups in total. The van der Waals surface area contributed by atoms with E-state index in [0.717, 1.165) is 66.2 Å². The predicted molar refractivity (Wildman–Crippen MR) is 118 cm³/mol. The average molecular weight is 398 g/mol. The Labute approximate surface area is 172 Å². The van der Waals surface area contributed by atoms with Gasteiger partial charge in [-0.25, -0.2) is 0 Å². The minimum absolute atomic E-state index is 0.384. The zero-order chi connectivity index (χ0) is 20.8. The van der Waals surface area contributed by atoms with E-state index in [4.69, 9.17) is 26.6 Å². The van der Waals surface area contributed by atoms with Crippen LogP contribution in [0.3, 0.4) is 0 Å². The van der Waals surface area contributed by atoms with Crippen molar-refractivity contribution >= 4 is 23.4 Å². The normalized spacial score (nSPS) is 13.1. The molecule has 8 nitrogen and oxygen atoms in total. The maximum Gasteiger partial charge on any atom is 0.318 e. The molecule has 0 saturated heterocycles. The van der Waals surface area contributed by atoms with Crippen molar-refractivity contribution in [3.63, 3.8) is 0 Å². The number of aryl methyl sites for hydroxylation is 1. The molecule has 1 aliphatic heterocycles. The summed E-state index contributed by atoms with van der Waals surface area (Å²) in [6.45, 7) is 7.53. The molecule has 0 amide bonds. The van der Waals surface area contributed by atoms with Gasteiger partial charge in [-0.05, 0) is 44.4 Å². The Morgan fingerprint density at radius 2 is 2.17 bits per heavy atom. The van der Waals surface area contributed by atoms with Gasteiger partial charge >= 0.3 is 6.01 Å². The largest absolute Gasteiger partial charge is 0.463 e. The van der Waals surface area contributed by atoms with E-state index in [0.29, 0.717) is 31.4 Å². The van der Waals surface area contributed by atoms with Crippen LogP contribution < -0.4 is 26.4 Å². The topological polar surface area (TPSA) is 126 Å². The van der Waals surface area contributed by atoms with Crippen LogP contribution in [-0.4, -0.2) is 42.4 Å². The van der Waals surface area contributed by atoms with Gasteiger partial charge in [-0.3, -0.25) is 0 Å². The van der Waals surface area contributed by atoms with Gasteiger partial charge in [0.05, 0.1) is 24.5 Å². The van der Waals surface area contributed by atoms with Gasteiger partial charge in [0, 0.05) is 36.1 Å². The van der Waals surface area contributed by atoms with Gasteiger partial charge in [-0.15, -0.1) is 0 Å². The minimum atomic E-state index is 0.384. The predicted octanol–water partition coefficient (Wildman–Crippen LogP) is 2.48. The molecule has 29 heavy (non-hydrogen) atoms. The lowest BCUT2D eigenvalue weighted by Crippen LogP contribution is -2.33. The zero-order valence-corrected chi connectivity index (χ0v) is 17.3. The highest BCUT2D eigenvalue weighted by Crippen LogP contribution is 2.34. The van der Waals surface area contributed by atoms with Gasteiger partial charge < -0.3 is 31.8 Å². The quantitative estimate of drug-likeness (QED) is 0.291. The molecule has 3 rings (SSSR count). The SMILES string of the molecule is CCCNc1nc(OCCCN)nc2c1CCN(c1c(C)ccc(N)c1C=N)C2. The molecule has 0 spiro atoms. The molecular formula is C21H31N7O. The van der Waals surface area contributed by atoms with Gasteiger partial charge in [0.15, 0.2) is 0 Å². The first kappa shape index (κ1) is 20.9. The third kappa shape index (κ3) is 4.59. The smallest absolute Gasteiger partial charge is 0.318 e.